The first-order chi connectivity index (χ1) is 14.8. The van der Waals surface area contributed by atoms with Crippen LogP contribution in [0, 0.1) is 35.6 Å². The van der Waals surface area contributed by atoms with Gasteiger partial charge in [-0.15, -0.1) is 0 Å². The SMILES string of the molecule is Cc1cc2c(cc1C)[N+]([O-])=C(N1CCN(c3ccc(N([O-])O)cc3)CC1)C(C#N)N2O. The van der Waals surface area contributed by atoms with E-state index in [-0.39, 0.29) is 16.7 Å². The van der Waals surface area contributed by atoms with Crippen LogP contribution in [-0.4, -0.2) is 58.1 Å². The Morgan fingerprint density at radius 2 is 1.65 bits per heavy atom. The van der Waals surface area contributed by atoms with Crippen LogP contribution < -0.4 is 15.2 Å². The van der Waals surface area contributed by atoms with E-state index in [0.29, 0.717) is 37.6 Å². The van der Waals surface area contributed by atoms with Gasteiger partial charge in [0.05, 0.1) is 18.8 Å². The second-order valence-electron chi connectivity index (χ2n) is 7.72. The van der Waals surface area contributed by atoms with Crippen LogP contribution >= 0.6 is 0 Å². The molecular formula is C21H23N6O4-. The van der Waals surface area contributed by atoms with Crippen molar-refractivity contribution < 1.29 is 15.2 Å². The van der Waals surface area contributed by atoms with E-state index < -0.39 is 6.04 Å². The number of hydrogen-bond donors (Lipinski definition) is 2. The van der Waals surface area contributed by atoms with Gasteiger partial charge in [-0.3, -0.25) is 15.3 Å². The molecule has 4 rings (SSSR count). The topological polar surface area (TPSA) is 126 Å². The zero-order valence-corrected chi connectivity index (χ0v) is 17.3. The van der Waals surface area contributed by atoms with E-state index in [1.807, 2.05) is 18.7 Å². The van der Waals surface area contributed by atoms with Crippen molar-refractivity contribution in [3.8, 4) is 6.07 Å². The van der Waals surface area contributed by atoms with E-state index >= 15 is 0 Å². The maximum absolute atomic E-state index is 13.2. The van der Waals surface area contributed by atoms with Crippen molar-refractivity contribution >= 4 is 28.6 Å². The molecule has 2 aromatic rings. The number of benzene rings is 2. The summed E-state index contributed by atoms with van der Waals surface area (Å²) < 4.78 is 0.761. The summed E-state index contributed by atoms with van der Waals surface area (Å²) in [6.07, 6.45) is 0. The van der Waals surface area contributed by atoms with Crippen molar-refractivity contribution in [1.29, 1.82) is 5.26 Å². The van der Waals surface area contributed by atoms with Gasteiger partial charge in [0, 0.05) is 5.69 Å². The molecule has 0 saturated carbocycles. The van der Waals surface area contributed by atoms with Crippen molar-refractivity contribution in [3.05, 3.63) is 57.9 Å². The zero-order valence-electron chi connectivity index (χ0n) is 17.3. The first kappa shape index (κ1) is 20.7. The highest BCUT2D eigenvalue weighted by Crippen LogP contribution is 2.36. The predicted octanol–water partition coefficient (Wildman–Crippen LogP) is 2.46. The molecule has 1 fully saturated rings. The molecule has 2 aliphatic rings. The second kappa shape index (κ2) is 7.96. The molecule has 0 aliphatic carbocycles. The Labute approximate surface area is 179 Å². The molecule has 2 N–H and O–H groups in total. The average molecular weight is 423 g/mol. The maximum Gasteiger partial charge on any atom is 0.295 e. The molecule has 0 amide bonds. The van der Waals surface area contributed by atoms with E-state index in [2.05, 4.69) is 11.0 Å². The average Bonchev–Trinajstić information content (AvgIpc) is 2.77. The van der Waals surface area contributed by atoms with Crippen LogP contribution in [0.2, 0.25) is 0 Å². The van der Waals surface area contributed by atoms with Gasteiger partial charge < -0.3 is 20.5 Å². The Hall–Kier alpha value is -3.52. The van der Waals surface area contributed by atoms with Gasteiger partial charge in [0.25, 0.3) is 5.84 Å². The van der Waals surface area contributed by atoms with Crippen molar-refractivity contribution in [2.45, 2.75) is 19.9 Å². The summed E-state index contributed by atoms with van der Waals surface area (Å²) in [6, 6.07) is 10.9. The third-order valence-electron chi connectivity index (χ3n) is 5.92. The van der Waals surface area contributed by atoms with Crippen LogP contribution in [0.5, 0.6) is 0 Å². The summed E-state index contributed by atoms with van der Waals surface area (Å²) in [6.45, 7) is 5.92. The summed E-state index contributed by atoms with van der Waals surface area (Å²) in [4.78, 5) is 3.92. The summed E-state index contributed by atoms with van der Waals surface area (Å²) in [7, 11) is 0. The number of amidine groups is 1. The van der Waals surface area contributed by atoms with Crippen LogP contribution in [-0.2, 0) is 0 Å². The lowest BCUT2D eigenvalue weighted by atomic mass is 10.0. The quantitative estimate of drug-likeness (QED) is 0.425. The van der Waals surface area contributed by atoms with Crippen LogP contribution in [0.15, 0.2) is 36.4 Å². The number of rotatable bonds is 2. The van der Waals surface area contributed by atoms with E-state index in [9.17, 15) is 20.9 Å². The van der Waals surface area contributed by atoms with Gasteiger partial charge in [-0.05, 0) is 61.4 Å². The number of nitrogens with zero attached hydrogens (tertiary/aromatic N) is 6. The molecule has 0 bridgehead atoms. The van der Waals surface area contributed by atoms with Gasteiger partial charge in [-0.2, -0.15) is 5.26 Å². The summed E-state index contributed by atoms with van der Waals surface area (Å²) >= 11 is 0. The first-order valence-electron chi connectivity index (χ1n) is 9.91. The van der Waals surface area contributed by atoms with Gasteiger partial charge in [0.2, 0.25) is 6.04 Å². The fraction of sp³-hybridized carbons (Fsp3) is 0.333. The third kappa shape index (κ3) is 3.59. The van der Waals surface area contributed by atoms with Gasteiger partial charge in [-0.25, -0.2) is 9.80 Å². The molecule has 0 radical (unpaired) electrons. The number of hydrogen-bond acceptors (Lipinski definition) is 9. The number of fused-ring (bicyclic) bond motifs is 1. The fourth-order valence-electron chi connectivity index (χ4n) is 4.01. The van der Waals surface area contributed by atoms with Crippen molar-refractivity contribution in [2.24, 2.45) is 0 Å². The van der Waals surface area contributed by atoms with E-state index in [0.717, 1.165) is 26.6 Å². The molecule has 162 valence electrons. The maximum atomic E-state index is 13.2. The Morgan fingerprint density at radius 1 is 1.06 bits per heavy atom. The molecule has 2 aliphatic heterocycles. The standard InChI is InChI=1S/C21H23N6O4/c1-14-11-18-19(12-15(14)2)26(29)21(20(13-22)25(18)28)24-9-7-23(8-10-24)16-3-5-17(6-4-16)27(30)31/h3-6,11-12,20,28,30H,7-10H2,1-2H3/q-1. The van der Waals surface area contributed by atoms with Crippen molar-refractivity contribution in [2.75, 3.05) is 41.4 Å². The molecule has 31 heavy (non-hydrogen) atoms. The van der Waals surface area contributed by atoms with Crippen molar-refractivity contribution in [3.63, 3.8) is 0 Å². The van der Waals surface area contributed by atoms with E-state index in [1.54, 1.807) is 24.3 Å². The van der Waals surface area contributed by atoms with Gasteiger partial charge >= 0.3 is 0 Å². The predicted molar refractivity (Wildman–Crippen MR) is 116 cm³/mol. The molecule has 1 unspecified atom stereocenters. The fourth-order valence-corrected chi connectivity index (χ4v) is 4.01. The summed E-state index contributed by atoms with van der Waals surface area (Å²) in [5, 5.41) is 54.2. The highest BCUT2D eigenvalue weighted by Gasteiger charge is 2.41. The minimum Gasteiger partial charge on any atom is -0.733 e. The van der Waals surface area contributed by atoms with Crippen LogP contribution in [0.3, 0.4) is 0 Å². The largest absolute Gasteiger partial charge is 0.733 e. The Morgan fingerprint density at radius 3 is 2.23 bits per heavy atom. The molecule has 2 heterocycles. The normalized spacial score (nSPS) is 18.7. The molecular weight excluding hydrogens is 400 g/mol. The van der Waals surface area contributed by atoms with Gasteiger partial charge in [0.15, 0.2) is 5.69 Å². The number of piperazine rings is 1. The third-order valence-corrected chi connectivity index (χ3v) is 5.92. The van der Waals surface area contributed by atoms with Crippen molar-refractivity contribution in [1.82, 2.24) is 4.90 Å². The molecule has 2 aromatic carbocycles. The van der Waals surface area contributed by atoms with Gasteiger partial charge in [0.1, 0.15) is 24.8 Å². The lowest BCUT2D eigenvalue weighted by molar-refractivity contribution is -0.372. The molecule has 10 heteroatoms. The summed E-state index contributed by atoms with van der Waals surface area (Å²) in [5.74, 6) is 0.207. The molecule has 10 nitrogen and oxygen atoms in total. The summed E-state index contributed by atoms with van der Waals surface area (Å²) in [5.41, 5.74) is 3.52. The number of aryl methyl sites for hydroxylation is 2. The number of nitriles is 1. The lowest BCUT2D eigenvalue weighted by Crippen LogP contribution is -2.58. The molecule has 1 atom stereocenters. The number of anilines is 3. The highest BCUT2D eigenvalue weighted by molar-refractivity contribution is 5.93. The monoisotopic (exact) mass is 423 g/mol. The molecule has 1 saturated heterocycles. The Kier molecular flexibility index (Phi) is 5.32. The minimum absolute atomic E-state index is 0.145. The zero-order chi connectivity index (χ0) is 22.3. The van der Waals surface area contributed by atoms with Crippen LogP contribution in [0.1, 0.15) is 11.1 Å². The van der Waals surface area contributed by atoms with Crippen LogP contribution in [0.4, 0.5) is 22.7 Å². The smallest absolute Gasteiger partial charge is 0.295 e. The van der Waals surface area contributed by atoms with E-state index in [4.69, 9.17) is 5.21 Å². The molecule has 0 spiro atoms. The molecule has 0 aromatic heterocycles. The van der Waals surface area contributed by atoms with E-state index in [1.165, 1.54) is 12.1 Å². The van der Waals surface area contributed by atoms with Crippen LogP contribution in [0.25, 0.3) is 0 Å². The first-order valence-corrected chi connectivity index (χ1v) is 9.91. The number of hydroxylamine groups is 1. The Balaban J connectivity index is 1.59. The highest BCUT2D eigenvalue weighted by atomic mass is 16.8. The lowest BCUT2D eigenvalue weighted by Gasteiger charge is -2.39. The van der Waals surface area contributed by atoms with Gasteiger partial charge in [-0.1, -0.05) is 0 Å². The minimum atomic E-state index is -1.11. The second-order valence-corrected chi connectivity index (χ2v) is 7.72. The Bertz CT molecular complexity index is 1050.